The molecule has 7 heteroatoms. The maximum absolute atomic E-state index is 11.0. The van der Waals surface area contributed by atoms with Crippen LogP contribution >= 0.6 is 7.82 Å². The van der Waals surface area contributed by atoms with E-state index in [2.05, 4.69) is 11.1 Å². The number of hydrogen-bond donors (Lipinski definition) is 2. The quantitative estimate of drug-likeness (QED) is 0.322. The van der Waals surface area contributed by atoms with E-state index in [0.717, 1.165) is 6.08 Å². The molecule has 0 rings (SSSR count). The van der Waals surface area contributed by atoms with Crippen LogP contribution in [-0.2, 0) is 18.6 Å². The molecular weight excluding hydrogens is 235 g/mol. The topological polar surface area (TPSA) is 93.1 Å². The molecule has 0 spiro atoms. The molecule has 1 atom stereocenters. The minimum Gasteiger partial charge on any atom is -0.430 e. The Labute approximate surface area is 94.5 Å². The minimum atomic E-state index is -4.72. The Bertz CT molecular complexity index is 307. The van der Waals surface area contributed by atoms with Gasteiger partial charge in [-0.15, -0.1) is 0 Å². The van der Waals surface area contributed by atoms with Crippen LogP contribution in [0.4, 0.5) is 0 Å². The van der Waals surface area contributed by atoms with Gasteiger partial charge in [0, 0.05) is 19.4 Å². The van der Waals surface area contributed by atoms with Gasteiger partial charge >= 0.3 is 13.8 Å². The van der Waals surface area contributed by atoms with Gasteiger partial charge in [0.1, 0.15) is 0 Å². The van der Waals surface area contributed by atoms with Crippen LogP contribution in [0.1, 0.15) is 27.2 Å². The normalized spacial score (nSPS) is 15.6. The van der Waals surface area contributed by atoms with Crippen molar-refractivity contribution in [2.24, 2.45) is 5.92 Å². The van der Waals surface area contributed by atoms with Crippen LogP contribution in [0.15, 0.2) is 12.7 Å². The van der Waals surface area contributed by atoms with Gasteiger partial charge in [0.25, 0.3) is 0 Å². The largest absolute Gasteiger partial charge is 0.472 e. The van der Waals surface area contributed by atoms with E-state index >= 15 is 0 Å². The Balaban J connectivity index is 4.80. The molecule has 94 valence electrons. The first kappa shape index (κ1) is 15.3. The Morgan fingerprint density at radius 2 is 2.06 bits per heavy atom. The zero-order chi connectivity index (χ0) is 13.0. The van der Waals surface area contributed by atoms with Crippen molar-refractivity contribution in [3.8, 4) is 0 Å². The molecule has 1 unspecified atom stereocenters. The van der Waals surface area contributed by atoms with Crippen molar-refractivity contribution in [1.29, 1.82) is 0 Å². The first-order valence-electron chi connectivity index (χ1n) is 4.70. The maximum Gasteiger partial charge on any atom is 0.472 e. The van der Waals surface area contributed by atoms with Crippen LogP contribution < -0.4 is 0 Å². The summed E-state index contributed by atoms with van der Waals surface area (Å²) in [6.45, 7) is 8.11. The van der Waals surface area contributed by atoms with Crippen molar-refractivity contribution in [3.63, 3.8) is 0 Å². The lowest BCUT2D eigenvalue weighted by Crippen LogP contribution is -2.35. The molecule has 0 fully saturated rings. The Morgan fingerprint density at radius 1 is 1.56 bits per heavy atom. The van der Waals surface area contributed by atoms with Crippen molar-refractivity contribution in [2.45, 2.75) is 33.0 Å². The summed E-state index contributed by atoms with van der Waals surface area (Å²) in [6.07, 6.45) is 1.07. The molecule has 16 heavy (non-hydrogen) atoms. The number of ether oxygens (including phenoxy) is 1. The highest BCUT2D eigenvalue weighted by Crippen LogP contribution is 2.43. The lowest BCUT2D eigenvalue weighted by atomic mass is 10.0. The van der Waals surface area contributed by atoms with E-state index in [-0.39, 0.29) is 12.3 Å². The molecule has 0 bridgehead atoms. The van der Waals surface area contributed by atoms with Crippen LogP contribution in [0.2, 0.25) is 0 Å². The van der Waals surface area contributed by atoms with Crippen molar-refractivity contribution < 1.29 is 28.4 Å². The van der Waals surface area contributed by atoms with Gasteiger partial charge in [0.2, 0.25) is 5.79 Å². The molecular formula is C9H17O6P. The van der Waals surface area contributed by atoms with Gasteiger partial charge < -0.3 is 14.5 Å². The average molecular weight is 252 g/mol. The monoisotopic (exact) mass is 252 g/mol. The fraction of sp³-hybridized carbons (Fsp3) is 0.667. The van der Waals surface area contributed by atoms with Crippen LogP contribution in [0.25, 0.3) is 0 Å². The van der Waals surface area contributed by atoms with Gasteiger partial charge in [-0.1, -0.05) is 20.4 Å². The molecule has 0 aromatic heterocycles. The standard InChI is InChI=1S/C9H17O6P/c1-5-8(10)14-9(4,6-7(2)3)15-16(11,12)13/h5,7H,1,6H2,2-4H3,(H2,11,12,13). The SMILES string of the molecule is C=CC(=O)OC(C)(CC(C)C)OP(=O)(O)O. The van der Waals surface area contributed by atoms with Crippen molar-refractivity contribution in [3.05, 3.63) is 12.7 Å². The van der Waals surface area contributed by atoms with Crippen LogP contribution in [0.3, 0.4) is 0 Å². The van der Waals surface area contributed by atoms with E-state index in [4.69, 9.17) is 14.5 Å². The number of hydrogen-bond acceptors (Lipinski definition) is 4. The molecule has 0 aliphatic rings. The first-order valence-corrected chi connectivity index (χ1v) is 6.23. The van der Waals surface area contributed by atoms with E-state index in [1.165, 1.54) is 6.92 Å². The fourth-order valence-electron chi connectivity index (χ4n) is 1.35. The summed E-state index contributed by atoms with van der Waals surface area (Å²) < 4.78 is 20.0. The second-order valence-electron chi connectivity index (χ2n) is 3.94. The minimum absolute atomic E-state index is 0.0363. The van der Waals surface area contributed by atoms with Gasteiger partial charge in [-0.2, -0.15) is 0 Å². The Morgan fingerprint density at radius 3 is 2.38 bits per heavy atom. The molecule has 0 saturated heterocycles. The average Bonchev–Trinajstić information content (AvgIpc) is 1.97. The van der Waals surface area contributed by atoms with Crippen LogP contribution in [0, 0.1) is 5.92 Å². The smallest absolute Gasteiger partial charge is 0.430 e. The zero-order valence-electron chi connectivity index (χ0n) is 9.54. The predicted octanol–water partition coefficient (Wildman–Crippen LogP) is 1.59. The molecule has 0 saturated carbocycles. The third kappa shape index (κ3) is 6.74. The third-order valence-corrected chi connectivity index (χ3v) is 2.20. The molecule has 0 aliphatic heterocycles. The molecule has 0 heterocycles. The highest BCUT2D eigenvalue weighted by molar-refractivity contribution is 7.46. The molecule has 0 amide bonds. The molecule has 2 N–H and O–H groups in total. The number of carbonyl (C=O) groups is 1. The summed E-state index contributed by atoms with van der Waals surface area (Å²) in [5, 5.41) is 0. The number of phosphoric ester groups is 1. The van der Waals surface area contributed by atoms with Crippen molar-refractivity contribution in [2.75, 3.05) is 0 Å². The van der Waals surface area contributed by atoms with E-state index < -0.39 is 19.6 Å². The second-order valence-corrected chi connectivity index (χ2v) is 5.10. The molecule has 0 aromatic rings. The zero-order valence-corrected chi connectivity index (χ0v) is 10.4. The number of esters is 1. The van der Waals surface area contributed by atoms with Crippen LogP contribution in [-0.4, -0.2) is 21.5 Å². The lowest BCUT2D eigenvalue weighted by Gasteiger charge is -2.30. The van der Waals surface area contributed by atoms with Gasteiger partial charge in [-0.3, -0.25) is 0 Å². The maximum atomic E-state index is 11.0. The molecule has 0 aliphatic carbocycles. The summed E-state index contributed by atoms with van der Waals surface area (Å²) >= 11 is 0. The summed E-state index contributed by atoms with van der Waals surface area (Å²) in [5.41, 5.74) is 0. The van der Waals surface area contributed by atoms with Gasteiger partial charge in [0.15, 0.2) is 0 Å². The van der Waals surface area contributed by atoms with Crippen molar-refractivity contribution >= 4 is 13.8 Å². The van der Waals surface area contributed by atoms with Gasteiger partial charge in [-0.25, -0.2) is 13.9 Å². The highest BCUT2D eigenvalue weighted by atomic mass is 31.2. The van der Waals surface area contributed by atoms with Gasteiger partial charge in [-0.05, 0) is 5.92 Å². The highest BCUT2D eigenvalue weighted by Gasteiger charge is 2.37. The van der Waals surface area contributed by atoms with E-state index in [0.29, 0.717) is 0 Å². The fourth-order valence-corrected chi connectivity index (χ4v) is 1.96. The third-order valence-electron chi connectivity index (χ3n) is 1.57. The van der Waals surface area contributed by atoms with Crippen molar-refractivity contribution in [1.82, 2.24) is 0 Å². The number of phosphoric acid groups is 1. The Kier molecular flexibility index (Phi) is 5.35. The van der Waals surface area contributed by atoms with E-state index in [1.54, 1.807) is 0 Å². The second kappa shape index (κ2) is 5.59. The molecule has 0 radical (unpaired) electrons. The van der Waals surface area contributed by atoms with E-state index in [9.17, 15) is 9.36 Å². The summed E-state index contributed by atoms with van der Waals surface area (Å²) in [6, 6.07) is 0. The summed E-state index contributed by atoms with van der Waals surface area (Å²) in [5.74, 6) is -2.41. The predicted molar refractivity (Wildman–Crippen MR) is 57.3 cm³/mol. The van der Waals surface area contributed by atoms with E-state index in [1.807, 2.05) is 13.8 Å². The molecule has 0 aromatic carbocycles. The first-order chi connectivity index (χ1) is 7.08. The van der Waals surface area contributed by atoms with Crippen LogP contribution in [0.5, 0.6) is 0 Å². The lowest BCUT2D eigenvalue weighted by molar-refractivity contribution is -0.195. The summed E-state index contributed by atoms with van der Waals surface area (Å²) in [7, 11) is -4.72. The molecule has 6 nitrogen and oxygen atoms in total. The summed E-state index contributed by atoms with van der Waals surface area (Å²) in [4.78, 5) is 28.5. The Hall–Kier alpha value is -0.680. The van der Waals surface area contributed by atoms with Gasteiger partial charge in [0.05, 0.1) is 0 Å². The number of carbonyl (C=O) groups excluding carboxylic acids is 1. The number of rotatable bonds is 6.